The number of benzene rings is 1. The van der Waals surface area contributed by atoms with E-state index in [0.29, 0.717) is 24.2 Å². The molecule has 36 heavy (non-hydrogen) atoms. The van der Waals surface area contributed by atoms with Gasteiger partial charge >= 0.3 is 0 Å². The van der Waals surface area contributed by atoms with Crippen molar-refractivity contribution < 1.29 is 9.59 Å². The number of piperidine rings is 3. The van der Waals surface area contributed by atoms with Crippen molar-refractivity contribution in [2.24, 2.45) is 18.4 Å². The summed E-state index contributed by atoms with van der Waals surface area (Å²) in [5.41, 5.74) is 3.95. The highest BCUT2D eigenvalue weighted by Crippen LogP contribution is 2.45. The topological polar surface area (TPSA) is 79.3 Å². The summed E-state index contributed by atoms with van der Waals surface area (Å²) in [4.78, 5) is 26.7. The number of aryl methyl sites for hydroxylation is 1. The van der Waals surface area contributed by atoms with Gasteiger partial charge in [-0.25, -0.2) is 0 Å². The predicted octanol–water partition coefficient (Wildman–Crippen LogP) is 3.83. The normalized spacial score (nSPS) is 26.5. The smallest absolute Gasteiger partial charge is 0.235 e. The highest BCUT2D eigenvalue weighted by atomic mass is 16.2. The zero-order chi connectivity index (χ0) is 24.7. The molecule has 1 spiro atoms. The maximum Gasteiger partial charge on any atom is 0.235 e. The first-order valence-electron chi connectivity index (χ1n) is 14.2. The van der Waals surface area contributed by atoms with Gasteiger partial charge in [-0.1, -0.05) is 12.1 Å². The second-order valence-electron chi connectivity index (χ2n) is 12.1. The number of nitrogens with zero attached hydrogens (tertiary/aromatic N) is 3. The van der Waals surface area contributed by atoms with Gasteiger partial charge in [0.2, 0.25) is 11.8 Å². The average Bonchev–Trinajstić information content (AvgIpc) is 3.22. The molecule has 3 saturated heterocycles. The SMILES string of the molecule is Cn1nc(C2CCC(=O)NC2=O)c2ccc(C3CCN(CC4CCC5(CCNCC5)CC4)CC3)cc21. The van der Waals surface area contributed by atoms with E-state index in [1.165, 1.54) is 89.7 Å². The zero-order valence-corrected chi connectivity index (χ0v) is 21.7. The summed E-state index contributed by atoms with van der Waals surface area (Å²) in [6.45, 7) is 6.13. The summed E-state index contributed by atoms with van der Waals surface area (Å²) in [6, 6.07) is 6.69. The van der Waals surface area contributed by atoms with Crippen LogP contribution in [0.3, 0.4) is 0 Å². The molecule has 2 amide bonds. The maximum absolute atomic E-state index is 12.4. The molecule has 194 valence electrons. The highest BCUT2D eigenvalue weighted by molar-refractivity contribution is 6.02. The van der Waals surface area contributed by atoms with Gasteiger partial charge < -0.3 is 10.2 Å². The molecular formula is C29H41N5O2. The number of nitrogens with one attached hydrogen (secondary N) is 2. The molecule has 7 heteroatoms. The number of rotatable bonds is 4. The fourth-order valence-electron chi connectivity index (χ4n) is 7.51. The molecule has 7 nitrogen and oxygen atoms in total. The number of imide groups is 1. The Morgan fingerprint density at radius 3 is 2.47 bits per heavy atom. The molecule has 1 aromatic heterocycles. The number of hydrogen-bond donors (Lipinski definition) is 2. The minimum atomic E-state index is -0.343. The largest absolute Gasteiger partial charge is 0.317 e. The summed E-state index contributed by atoms with van der Waals surface area (Å²) in [5, 5.41) is 11.8. The van der Waals surface area contributed by atoms with E-state index in [-0.39, 0.29) is 17.7 Å². The van der Waals surface area contributed by atoms with Gasteiger partial charge in [0.25, 0.3) is 0 Å². The third-order valence-corrected chi connectivity index (χ3v) is 9.88. The van der Waals surface area contributed by atoms with Crippen LogP contribution < -0.4 is 10.6 Å². The summed E-state index contributed by atoms with van der Waals surface area (Å²) < 4.78 is 1.91. The van der Waals surface area contributed by atoms with E-state index in [9.17, 15) is 9.59 Å². The van der Waals surface area contributed by atoms with Crippen molar-refractivity contribution in [2.45, 2.75) is 76.0 Å². The van der Waals surface area contributed by atoms with Crippen LogP contribution in [0.1, 0.15) is 87.3 Å². The van der Waals surface area contributed by atoms with Crippen LogP contribution in [-0.2, 0) is 16.6 Å². The molecule has 0 bridgehead atoms. The lowest BCUT2D eigenvalue weighted by atomic mass is 9.65. The third-order valence-electron chi connectivity index (χ3n) is 9.88. The molecule has 6 rings (SSSR count). The van der Waals surface area contributed by atoms with Gasteiger partial charge in [0.1, 0.15) is 0 Å². The van der Waals surface area contributed by atoms with Gasteiger partial charge in [0, 0.05) is 25.4 Å². The summed E-state index contributed by atoms with van der Waals surface area (Å²) in [7, 11) is 1.96. The Kier molecular flexibility index (Phi) is 6.63. The molecule has 1 aliphatic carbocycles. The van der Waals surface area contributed by atoms with E-state index in [4.69, 9.17) is 5.10 Å². The second kappa shape index (κ2) is 9.90. The van der Waals surface area contributed by atoms with Gasteiger partial charge in [-0.05, 0) is 113 Å². The van der Waals surface area contributed by atoms with Crippen LogP contribution in [0.25, 0.3) is 10.9 Å². The van der Waals surface area contributed by atoms with Crippen molar-refractivity contribution in [1.82, 2.24) is 25.3 Å². The van der Waals surface area contributed by atoms with Crippen LogP contribution in [0, 0.1) is 11.3 Å². The minimum Gasteiger partial charge on any atom is -0.317 e. The lowest BCUT2D eigenvalue weighted by Gasteiger charge is -2.44. The standard InChI is InChI=1S/C29H41N5O2/c1-33-25-18-22(2-3-23(25)27(32-33)24-4-5-26(35)31-28(24)36)21-8-16-34(17-9-21)19-20-6-10-29(11-7-20)12-14-30-15-13-29/h2-3,18,20-21,24,30H,4-17,19H2,1H3,(H,31,35,36). The van der Waals surface area contributed by atoms with E-state index in [1.807, 2.05) is 11.7 Å². The van der Waals surface area contributed by atoms with Crippen molar-refractivity contribution in [3.05, 3.63) is 29.5 Å². The number of carbonyl (C=O) groups excluding carboxylic acids is 2. The number of fused-ring (bicyclic) bond motifs is 1. The first kappa shape index (κ1) is 24.1. The van der Waals surface area contributed by atoms with Crippen molar-refractivity contribution in [1.29, 1.82) is 0 Å². The summed E-state index contributed by atoms with van der Waals surface area (Å²) in [5.74, 6) is 0.735. The molecule has 0 radical (unpaired) electrons. The lowest BCUT2D eigenvalue weighted by molar-refractivity contribution is -0.134. The Balaban J connectivity index is 1.06. The zero-order valence-electron chi connectivity index (χ0n) is 21.7. The average molecular weight is 492 g/mol. The maximum atomic E-state index is 12.4. The molecule has 1 aromatic carbocycles. The molecule has 4 heterocycles. The number of amides is 2. The van der Waals surface area contributed by atoms with Crippen molar-refractivity contribution in [3.8, 4) is 0 Å². The third kappa shape index (κ3) is 4.72. The fraction of sp³-hybridized carbons (Fsp3) is 0.690. The number of carbonyl (C=O) groups is 2. The quantitative estimate of drug-likeness (QED) is 0.636. The molecule has 1 atom stereocenters. The minimum absolute atomic E-state index is 0.181. The van der Waals surface area contributed by atoms with Crippen LogP contribution in [0.15, 0.2) is 18.2 Å². The Morgan fingerprint density at radius 2 is 1.75 bits per heavy atom. The highest BCUT2D eigenvalue weighted by Gasteiger charge is 2.37. The van der Waals surface area contributed by atoms with Crippen molar-refractivity contribution >= 4 is 22.7 Å². The summed E-state index contributed by atoms with van der Waals surface area (Å²) in [6.07, 6.45) is 11.9. The first-order valence-corrected chi connectivity index (χ1v) is 14.2. The summed E-state index contributed by atoms with van der Waals surface area (Å²) >= 11 is 0. The van der Waals surface area contributed by atoms with Gasteiger partial charge in [-0.2, -0.15) is 5.10 Å². The number of aromatic nitrogens is 2. The molecule has 2 aromatic rings. The van der Waals surface area contributed by atoms with Crippen molar-refractivity contribution in [2.75, 3.05) is 32.7 Å². The van der Waals surface area contributed by atoms with E-state index < -0.39 is 0 Å². The fourth-order valence-corrected chi connectivity index (χ4v) is 7.51. The van der Waals surface area contributed by atoms with Gasteiger partial charge in [-0.3, -0.25) is 19.6 Å². The van der Waals surface area contributed by atoms with Gasteiger partial charge in [0.05, 0.1) is 17.1 Å². The molecule has 1 unspecified atom stereocenters. The van der Waals surface area contributed by atoms with E-state index >= 15 is 0 Å². The Bertz CT molecular complexity index is 1120. The van der Waals surface area contributed by atoms with Crippen molar-refractivity contribution in [3.63, 3.8) is 0 Å². The van der Waals surface area contributed by atoms with E-state index in [2.05, 4.69) is 33.7 Å². The van der Waals surface area contributed by atoms with Gasteiger partial charge in [-0.15, -0.1) is 0 Å². The lowest BCUT2D eigenvalue weighted by Crippen LogP contribution is -2.42. The first-order chi connectivity index (χ1) is 17.5. The Labute approximate surface area is 214 Å². The predicted molar refractivity (Wildman–Crippen MR) is 141 cm³/mol. The Hall–Kier alpha value is -2.25. The Morgan fingerprint density at radius 1 is 1.00 bits per heavy atom. The van der Waals surface area contributed by atoms with E-state index in [1.54, 1.807) is 0 Å². The van der Waals surface area contributed by atoms with Gasteiger partial charge in [0.15, 0.2) is 0 Å². The molecule has 1 saturated carbocycles. The second-order valence-corrected chi connectivity index (χ2v) is 12.1. The molecular weight excluding hydrogens is 450 g/mol. The van der Waals surface area contributed by atoms with E-state index in [0.717, 1.165) is 22.5 Å². The van der Waals surface area contributed by atoms with Crippen LogP contribution in [0.5, 0.6) is 0 Å². The molecule has 4 aliphatic rings. The monoisotopic (exact) mass is 491 g/mol. The molecule has 3 aliphatic heterocycles. The van der Waals surface area contributed by atoms with Crippen LogP contribution in [-0.4, -0.2) is 59.2 Å². The molecule has 2 N–H and O–H groups in total. The van der Waals surface area contributed by atoms with Crippen LogP contribution in [0.2, 0.25) is 0 Å². The molecule has 4 fully saturated rings. The number of likely N-dealkylation sites (tertiary alicyclic amines) is 1. The van der Waals surface area contributed by atoms with Crippen LogP contribution in [0.4, 0.5) is 0 Å². The number of hydrogen-bond acceptors (Lipinski definition) is 5. The van der Waals surface area contributed by atoms with Crippen LogP contribution >= 0.6 is 0 Å².